The van der Waals surface area contributed by atoms with Gasteiger partial charge in [0.2, 0.25) is 11.6 Å². The van der Waals surface area contributed by atoms with E-state index in [-0.39, 0.29) is 29.5 Å². The van der Waals surface area contributed by atoms with Crippen molar-refractivity contribution in [3.8, 4) is 0 Å². The molecule has 1 heterocycles. The molecule has 0 saturated carbocycles. The fraction of sp³-hybridized carbons (Fsp3) is 0.312. The van der Waals surface area contributed by atoms with Gasteiger partial charge < -0.3 is 15.4 Å². The minimum absolute atomic E-state index is 0.00430. The summed E-state index contributed by atoms with van der Waals surface area (Å²) in [6.07, 6.45) is 2.01. The molecule has 1 aromatic heterocycles. The number of rotatable bonds is 8. The Morgan fingerprint density at radius 3 is 2.64 bits per heavy atom. The van der Waals surface area contributed by atoms with E-state index >= 15 is 0 Å². The van der Waals surface area contributed by atoms with Crippen molar-refractivity contribution in [1.29, 1.82) is 0 Å². The molecule has 0 aliphatic rings. The van der Waals surface area contributed by atoms with E-state index in [0.717, 1.165) is 6.42 Å². The topological polar surface area (TPSA) is 119 Å². The summed E-state index contributed by atoms with van der Waals surface area (Å²) in [6, 6.07) is 6.58. The normalized spacial score (nSPS) is 10.2. The van der Waals surface area contributed by atoms with E-state index in [0.29, 0.717) is 12.2 Å². The van der Waals surface area contributed by atoms with Gasteiger partial charge in [-0.05, 0) is 25.5 Å². The van der Waals surface area contributed by atoms with Crippen LogP contribution in [0.5, 0.6) is 0 Å². The molecule has 0 aliphatic heterocycles. The monoisotopic (exact) mass is 345 g/mol. The maximum Gasteiger partial charge on any atom is 0.353 e. The van der Waals surface area contributed by atoms with Crippen molar-refractivity contribution in [2.75, 3.05) is 23.8 Å². The number of para-hydroxylation sites is 1. The predicted octanol–water partition coefficient (Wildman–Crippen LogP) is 3.13. The summed E-state index contributed by atoms with van der Waals surface area (Å²) < 4.78 is 5.00. The van der Waals surface area contributed by atoms with Crippen molar-refractivity contribution >= 4 is 29.0 Å². The third kappa shape index (κ3) is 4.40. The lowest BCUT2D eigenvalue weighted by Crippen LogP contribution is -2.11. The zero-order valence-corrected chi connectivity index (χ0v) is 14.0. The smallest absolute Gasteiger partial charge is 0.353 e. The highest BCUT2D eigenvalue weighted by molar-refractivity contribution is 5.96. The molecular formula is C16H19N5O4. The van der Waals surface area contributed by atoms with Crippen LogP contribution < -0.4 is 10.6 Å². The highest BCUT2D eigenvalue weighted by Crippen LogP contribution is 2.32. The number of ether oxygens (including phenoxy) is 1. The molecule has 0 spiro atoms. The number of aromatic nitrogens is 2. The van der Waals surface area contributed by atoms with Crippen molar-refractivity contribution in [3.63, 3.8) is 0 Å². The molecule has 0 amide bonds. The molecule has 25 heavy (non-hydrogen) atoms. The zero-order chi connectivity index (χ0) is 18.2. The quantitative estimate of drug-likeness (QED) is 0.425. The molecule has 2 rings (SSSR count). The maximum atomic E-state index is 12.0. The highest BCUT2D eigenvalue weighted by Gasteiger charge is 2.24. The second-order valence-corrected chi connectivity index (χ2v) is 4.99. The van der Waals surface area contributed by atoms with Crippen LogP contribution in [0.25, 0.3) is 0 Å². The standard InChI is InChI=1S/C16H19N5O4/c1-3-9-17-14-13(21(23)24)15(19-10-18-14)20-12-8-6-5-7-11(12)16(22)25-4-2/h5-8,10H,3-4,9H2,1-2H3,(H2,17,18,19,20). The Balaban J connectivity index is 2.41. The number of nitro groups is 1. The Kier molecular flexibility index (Phi) is 6.21. The fourth-order valence-corrected chi connectivity index (χ4v) is 2.12. The molecular weight excluding hydrogens is 326 g/mol. The maximum absolute atomic E-state index is 12.0. The van der Waals surface area contributed by atoms with Crippen LogP contribution in [0.1, 0.15) is 30.6 Å². The SMILES string of the molecule is CCCNc1ncnc(Nc2ccccc2C(=O)OCC)c1[N+](=O)[O-]. The number of hydrogen-bond donors (Lipinski definition) is 2. The summed E-state index contributed by atoms with van der Waals surface area (Å²) in [6.45, 7) is 4.41. The van der Waals surface area contributed by atoms with Gasteiger partial charge in [0, 0.05) is 6.54 Å². The summed E-state index contributed by atoms with van der Waals surface area (Å²) >= 11 is 0. The second kappa shape index (κ2) is 8.57. The molecule has 2 N–H and O–H groups in total. The van der Waals surface area contributed by atoms with Crippen LogP contribution in [0.2, 0.25) is 0 Å². The van der Waals surface area contributed by atoms with Gasteiger partial charge in [0.15, 0.2) is 0 Å². The minimum atomic E-state index is -0.562. The van der Waals surface area contributed by atoms with Crippen molar-refractivity contribution in [2.45, 2.75) is 20.3 Å². The Morgan fingerprint density at radius 1 is 1.24 bits per heavy atom. The number of benzene rings is 1. The molecule has 9 nitrogen and oxygen atoms in total. The lowest BCUT2D eigenvalue weighted by molar-refractivity contribution is -0.383. The van der Waals surface area contributed by atoms with E-state index < -0.39 is 10.9 Å². The first kappa shape index (κ1) is 18.1. The van der Waals surface area contributed by atoms with Crippen molar-refractivity contribution in [1.82, 2.24) is 9.97 Å². The van der Waals surface area contributed by atoms with E-state index in [1.165, 1.54) is 6.33 Å². The molecule has 0 aliphatic carbocycles. The van der Waals surface area contributed by atoms with E-state index in [9.17, 15) is 14.9 Å². The number of carbonyl (C=O) groups excluding carboxylic acids is 1. The second-order valence-electron chi connectivity index (χ2n) is 4.99. The fourth-order valence-electron chi connectivity index (χ4n) is 2.12. The minimum Gasteiger partial charge on any atom is -0.462 e. The lowest BCUT2D eigenvalue weighted by atomic mass is 10.2. The highest BCUT2D eigenvalue weighted by atomic mass is 16.6. The van der Waals surface area contributed by atoms with Crippen LogP contribution in [-0.2, 0) is 4.74 Å². The van der Waals surface area contributed by atoms with Crippen LogP contribution >= 0.6 is 0 Å². The predicted molar refractivity (Wildman–Crippen MR) is 93.1 cm³/mol. The largest absolute Gasteiger partial charge is 0.462 e. The third-order valence-corrected chi connectivity index (χ3v) is 3.22. The zero-order valence-electron chi connectivity index (χ0n) is 14.0. The summed E-state index contributed by atoms with van der Waals surface area (Å²) in [5.41, 5.74) is 0.346. The molecule has 0 saturated heterocycles. The molecule has 0 atom stereocenters. The molecule has 2 aromatic rings. The van der Waals surface area contributed by atoms with Crippen LogP contribution in [-0.4, -0.2) is 34.0 Å². The van der Waals surface area contributed by atoms with Gasteiger partial charge in [-0.15, -0.1) is 0 Å². The van der Waals surface area contributed by atoms with Gasteiger partial charge in [0.1, 0.15) is 6.33 Å². The molecule has 132 valence electrons. The van der Waals surface area contributed by atoms with Crippen LogP contribution in [0.15, 0.2) is 30.6 Å². The molecule has 0 radical (unpaired) electrons. The van der Waals surface area contributed by atoms with Gasteiger partial charge in [-0.2, -0.15) is 0 Å². The average Bonchev–Trinajstić information content (AvgIpc) is 2.60. The summed E-state index contributed by atoms with van der Waals surface area (Å²) in [7, 11) is 0. The number of anilines is 3. The Morgan fingerprint density at radius 2 is 1.96 bits per heavy atom. The molecule has 0 unspecified atom stereocenters. The van der Waals surface area contributed by atoms with E-state index in [1.807, 2.05) is 6.92 Å². The first-order valence-corrected chi connectivity index (χ1v) is 7.84. The van der Waals surface area contributed by atoms with Crippen molar-refractivity contribution in [3.05, 3.63) is 46.3 Å². The first-order valence-electron chi connectivity index (χ1n) is 7.84. The van der Waals surface area contributed by atoms with Gasteiger partial charge in [0.05, 0.1) is 22.8 Å². The van der Waals surface area contributed by atoms with Gasteiger partial charge in [-0.25, -0.2) is 14.8 Å². The van der Waals surface area contributed by atoms with Crippen molar-refractivity contribution < 1.29 is 14.5 Å². The molecule has 1 aromatic carbocycles. The van der Waals surface area contributed by atoms with Crippen LogP contribution in [0.4, 0.5) is 23.0 Å². The summed E-state index contributed by atoms with van der Waals surface area (Å²) in [5, 5.41) is 17.2. The number of nitrogens with zero attached hydrogens (tertiary/aromatic N) is 3. The van der Waals surface area contributed by atoms with Gasteiger partial charge in [0.25, 0.3) is 0 Å². The molecule has 9 heteroatoms. The summed E-state index contributed by atoms with van der Waals surface area (Å²) in [4.78, 5) is 30.8. The van der Waals surface area contributed by atoms with Crippen LogP contribution in [0.3, 0.4) is 0 Å². The van der Waals surface area contributed by atoms with Gasteiger partial charge >= 0.3 is 11.7 Å². The first-order chi connectivity index (χ1) is 12.1. The van der Waals surface area contributed by atoms with Crippen molar-refractivity contribution in [2.24, 2.45) is 0 Å². The number of esters is 1. The van der Waals surface area contributed by atoms with Gasteiger partial charge in [-0.1, -0.05) is 19.1 Å². The Labute approximate surface area is 144 Å². The van der Waals surface area contributed by atoms with E-state index in [4.69, 9.17) is 4.74 Å². The number of nitrogens with one attached hydrogen (secondary N) is 2. The average molecular weight is 345 g/mol. The van der Waals surface area contributed by atoms with E-state index in [2.05, 4.69) is 20.6 Å². The van der Waals surface area contributed by atoms with Gasteiger partial charge in [-0.3, -0.25) is 10.1 Å². The Hall–Kier alpha value is -3.23. The summed E-state index contributed by atoms with van der Waals surface area (Å²) in [5.74, 6) is -0.403. The van der Waals surface area contributed by atoms with Crippen LogP contribution in [0, 0.1) is 10.1 Å². The lowest BCUT2D eigenvalue weighted by Gasteiger charge is -2.12. The van der Waals surface area contributed by atoms with E-state index in [1.54, 1.807) is 31.2 Å². The number of carbonyl (C=O) groups is 1. The third-order valence-electron chi connectivity index (χ3n) is 3.22. The Bertz CT molecular complexity index is 766. The number of hydrogen-bond acceptors (Lipinski definition) is 8. The molecule has 0 fully saturated rings. The molecule has 0 bridgehead atoms.